The van der Waals surface area contributed by atoms with E-state index < -0.39 is 0 Å². The molecule has 2 rings (SSSR count). The summed E-state index contributed by atoms with van der Waals surface area (Å²) in [4.78, 5) is 0. The lowest BCUT2D eigenvalue weighted by Crippen LogP contribution is -2.59. The molecule has 2 atom stereocenters. The molecule has 64 valence electrons. The second kappa shape index (κ2) is 3.11. The highest BCUT2D eigenvalue weighted by Crippen LogP contribution is 2.35. The van der Waals surface area contributed by atoms with Crippen LogP contribution in [0.3, 0.4) is 0 Å². The highest BCUT2D eigenvalue weighted by atomic mass is 16.5. The van der Waals surface area contributed by atoms with E-state index in [4.69, 9.17) is 4.74 Å². The first-order chi connectivity index (χ1) is 5.42. The highest BCUT2D eigenvalue weighted by Gasteiger charge is 2.38. The van der Waals surface area contributed by atoms with Crippen molar-refractivity contribution in [2.45, 2.75) is 25.3 Å². The summed E-state index contributed by atoms with van der Waals surface area (Å²) in [7, 11) is 1.80. The van der Waals surface area contributed by atoms with Crippen LogP contribution >= 0.6 is 0 Å². The Labute approximate surface area is 68.3 Å². The summed E-state index contributed by atoms with van der Waals surface area (Å²) in [5, 5.41) is 3.50. The van der Waals surface area contributed by atoms with E-state index in [0.717, 1.165) is 24.5 Å². The summed E-state index contributed by atoms with van der Waals surface area (Å²) in [5.74, 6) is 1.79. The molecule has 11 heavy (non-hydrogen) atoms. The summed E-state index contributed by atoms with van der Waals surface area (Å²) in [6.45, 7) is 2.13. The zero-order valence-corrected chi connectivity index (χ0v) is 7.18. The van der Waals surface area contributed by atoms with Crippen molar-refractivity contribution in [2.24, 2.45) is 11.8 Å². The van der Waals surface area contributed by atoms with E-state index in [2.05, 4.69) is 5.32 Å². The van der Waals surface area contributed by atoms with Gasteiger partial charge in [0.2, 0.25) is 0 Å². The molecule has 2 fully saturated rings. The van der Waals surface area contributed by atoms with Gasteiger partial charge >= 0.3 is 0 Å². The lowest BCUT2D eigenvalue weighted by atomic mass is 9.71. The number of hydrogen-bond donors (Lipinski definition) is 1. The molecule has 1 saturated heterocycles. The average Bonchev–Trinajstić information content (AvgIpc) is 1.89. The van der Waals surface area contributed by atoms with Crippen molar-refractivity contribution in [1.29, 1.82) is 0 Å². The van der Waals surface area contributed by atoms with Gasteiger partial charge in [-0.1, -0.05) is 6.42 Å². The molecule has 0 aromatic rings. The SMILES string of the molecule is COCC1CNC1C1CCC1. The number of hydrogen-bond acceptors (Lipinski definition) is 2. The molecule has 1 aliphatic carbocycles. The quantitative estimate of drug-likeness (QED) is 0.657. The summed E-state index contributed by atoms with van der Waals surface area (Å²) >= 11 is 0. The molecule has 0 radical (unpaired) electrons. The molecule has 1 heterocycles. The number of nitrogens with one attached hydrogen (secondary N) is 1. The molecule has 2 aliphatic rings. The van der Waals surface area contributed by atoms with Crippen LogP contribution < -0.4 is 5.32 Å². The molecule has 1 aliphatic heterocycles. The van der Waals surface area contributed by atoms with Crippen LogP contribution in [0, 0.1) is 11.8 Å². The first-order valence-electron chi connectivity index (χ1n) is 4.64. The summed E-state index contributed by atoms with van der Waals surface area (Å²) in [5.41, 5.74) is 0. The molecule has 2 nitrogen and oxygen atoms in total. The predicted molar refractivity (Wildman–Crippen MR) is 44.5 cm³/mol. The minimum absolute atomic E-state index is 0.795. The Morgan fingerprint density at radius 2 is 2.27 bits per heavy atom. The van der Waals surface area contributed by atoms with Gasteiger partial charge in [-0.3, -0.25) is 0 Å². The van der Waals surface area contributed by atoms with Crippen molar-refractivity contribution in [1.82, 2.24) is 5.32 Å². The third kappa shape index (κ3) is 1.30. The van der Waals surface area contributed by atoms with E-state index in [0.29, 0.717) is 0 Å². The number of methoxy groups -OCH3 is 1. The molecule has 0 aromatic carbocycles. The molecule has 0 amide bonds. The normalized spacial score (nSPS) is 37.9. The fourth-order valence-electron chi connectivity index (χ4n) is 2.15. The highest BCUT2D eigenvalue weighted by molar-refractivity contribution is 4.95. The summed E-state index contributed by atoms with van der Waals surface area (Å²) in [6, 6.07) is 0.795. The Morgan fingerprint density at radius 3 is 2.64 bits per heavy atom. The van der Waals surface area contributed by atoms with Crippen LogP contribution in [0.1, 0.15) is 19.3 Å². The van der Waals surface area contributed by atoms with Crippen molar-refractivity contribution in [3.05, 3.63) is 0 Å². The van der Waals surface area contributed by atoms with Gasteiger partial charge < -0.3 is 10.1 Å². The average molecular weight is 155 g/mol. The lowest BCUT2D eigenvalue weighted by molar-refractivity contribution is 0.0402. The van der Waals surface area contributed by atoms with Gasteiger partial charge in [0, 0.05) is 25.6 Å². The Morgan fingerprint density at radius 1 is 1.45 bits per heavy atom. The zero-order valence-electron chi connectivity index (χ0n) is 7.18. The third-order valence-electron chi connectivity index (χ3n) is 3.16. The van der Waals surface area contributed by atoms with Gasteiger partial charge in [0.15, 0.2) is 0 Å². The topological polar surface area (TPSA) is 21.3 Å². The van der Waals surface area contributed by atoms with Gasteiger partial charge in [0.05, 0.1) is 6.61 Å². The standard InChI is InChI=1S/C9H17NO/c1-11-6-8-5-10-9(8)7-3-2-4-7/h7-10H,2-6H2,1H3. The fourth-order valence-corrected chi connectivity index (χ4v) is 2.15. The Kier molecular flexibility index (Phi) is 2.14. The number of rotatable bonds is 3. The maximum absolute atomic E-state index is 5.15. The Bertz CT molecular complexity index is 134. The minimum Gasteiger partial charge on any atom is -0.384 e. The van der Waals surface area contributed by atoms with Crippen LogP contribution in [0.2, 0.25) is 0 Å². The molecule has 2 unspecified atom stereocenters. The van der Waals surface area contributed by atoms with E-state index in [1.165, 1.54) is 25.8 Å². The lowest BCUT2D eigenvalue weighted by Gasteiger charge is -2.46. The van der Waals surface area contributed by atoms with Crippen molar-refractivity contribution in [3.63, 3.8) is 0 Å². The maximum atomic E-state index is 5.15. The van der Waals surface area contributed by atoms with E-state index in [9.17, 15) is 0 Å². The van der Waals surface area contributed by atoms with Crippen molar-refractivity contribution in [2.75, 3.05) is 20.3 Å². The van der Waals surface area contributed by atoms with E-state index in [1.54, 1.807) is 7.11 Å². The van der Waals surface area contributed by atoms with Gasteiger partial charge in [-0.05, 0) is 18.8 Å². The van der Waals surface area contributed by atoms with Gasteiger partial charge in [-0.25, -0.2) is 0 Å². The van der Waals surface area contributed by atoms with E-state index >= 15 is 0 Å². The second-order valence-corrected chi connectivity index (χ2v) is 3.84. The molecular formula is C9H17NO. The van der Waals surface area contributed by atoms with Crippen molar-refractivity contribution >= 4 is 0 Å². The summed E-state index contributed by atoms with van der Waals surface area (Å²) < 4.78 is 5.15. The minimum atomic E-state index is 0.795. The molecule has 0 spiro atoms. The monoisotopic (exact) mass is 155 g/mol. The first-order valence-corrected chi connectivity index (χ1v) is 4.64. The maximum Gasteiger partial charge on any atom is 0.0517 e. The Hall–Kier alpha value is -0.0800. The third-order valence-corrected chi connectivity index (χ3v) is 3.16. The van der Waals surface area contributed by atoms with Crippen molar-refractivity contribution in [3.8, 4) is 0 Å². The van der Waals surface area contributed by atoms with Gasteiger partial charge in [0.25, 0.3) is 0 Å². The molecular weight excluding hydrogens is 138 g/mol. The smallest absolute Gasteiger partial charge is 0.0517 e. The molecule has 2 heteroatoms. The largest absolute Gasteiger partial charge is 0.384 e. The second-order valence-electron chi connectivity index (χ2n) is 3.84. The van der Waals surface area contributed by atoms with E-state index in [1.807, 2.05) is 0 Å². The van der Waals surface area contributed by atoms with Crippen LogP contribution in [-0.2, 0) is 4.74 Å². The van der Waals surface area contributed by atoms with Crippen LogP contribution in [-0.4, -0.2) is 26.3 Å². The van der Waals surface area contributed by atoms with Crippen LogP contribution in [0.4, 0.5) is 0 Å². The Balaban J connectivity index is 1.76. The zero-order chi connectivity index (χ0) is 7.68. The van der Waals surface area contributed by atoms with Gasteiger partial charge in [0.1, 0.15) is 0 Å². The molecule has 0 bridgehead atoms. The molecule has 1 N–H and O–H groups in total. The van der Waals surface area contributed by atoms with E-state index in [-0.39, 0.29) is 0 Å². The predicted octanol–water partition coefficient (Wildman–Crippen LogP) is 1.02. The van der Waals surface area contributed by atoms with Gasteiger partial charge in [-0.2, -0.15) is 0 Å². The van der Waals surface area contributed by atoms with Crippen LogP contribution in [0.25, 0.3) is 0 Å². The van der Waals surface area contributed by atoms with Crippen molar-refractivity contribution < 1.29 is 4.74 Å². The molecule has 0 aromatic heterocycles. The molecule has 1 saturated carbocycles. The fraction of sp³-hybridized carbons (Fsp3) is 1.00. The number of ether oxygens (including phenoxy) is 1. The van der Waals surface area contributed by atoms with Gasteiger partial charge in [-0.15, -0.1) is 0 Å². The van der Waals surface area contributed by atoms with Crippen LogP contribution in [0.5, 0.6) is 0 Å². The summed E-state index contributed by atoms with van der Waals surface area (Å²) in [6.07, 6.45) is 4.33. The van der Waals surface area contributed by atoms with Crippen LogP contribution in [0.15, 0.2) is 0 Å². The first kappa shape index (κ1) is 7.56.